The summed E-state index contributed by atoms with van der Waals surface area (Å²) in [4.78, 5) is 22.5. The molecule has 0 spiro atoms. The van der Waals surface area contributed by atoms with E-state index in [9.17, 15) is 14.0 Å². The lowest BCUT2D eigenvalue weighted by Crippen LogP contribution is -2.29. The Bertz CT molecular complexity index is 872. The number of ether oxygens (including phenoxy) is 1. The smallest absolute Gasteiger partial charge is 0.322 e. The van der Waals surface area contributed by atoms with Crippen molar-refractivity contribution in [1.82, 2.24) is 5.32 Å². The molecule has 0 aliphatic heterocycles. The van der Waals surface area contributed by atoms with E-state index in [1.54, 1.807) is 7.05 Å². The predicted molar refractivity (Wildman–Crippen MR) is 107 cm³/mol. The Labute approximate surface area is 176 Å². The van der Waals surface area contributed by atoms with Crippen LogP contribution >= 0.6 is 43.5 Å². The van der Waals surface area contributed by atoms with Crippen molar-refractivity contribution in [2.75, 3.05) is 18.9 Å². The molecule has 10 heteroatoms. The summed E-state index contributed by atoms with van der Waals surface area (Å²) in [6.07, 6.45) is 0. The first-order valence-electron chi connectivity index (χ1n) is 7.50. The highest BCUT2D eigenvalue weighted by Gasteiger charge is 2.16. The average Bonchev–Trinajstić information content (AvgIpc) is 2.61. The second-order valence-corrected chi connectivity index (χ2v) is 7.46. The molecular formula is C17H14Br2ClFN2O4. The monoisotopic (exact) mass is 522 g/mol. The third-order valence-electron chi connectivity index (χ3n) is 3.41. The molecule has 0 bridgehead atoms. The molecule has 0 heterocycles. The van der Waals surface area contributed by atoms with Gasteiger partial charge in [-0.3, -0.25) is 9.59 Å². The summed E-state index contributed by atoms with van der Waals surface area (Å²) in [7, 11) is 1.58. The number of rotatable bonds is 7. The maximum Gasteiger partial charge on any atom is 0.322 e. The number of aliphatic carboxylic acids is 1. The van der Waals surface area contributed by atoms with Gasteiger partial charge in [-0.15, -0.1) is 0 Å². The highest BCUT2D eigenvalue weighted by molar-refractivity contribution is 9.11. The van der Waals surface area contributed by atoms with Crippen LogP contribution in [0.25, 0.3) is 0 Å². The number of anilines is 1. The topological polar surface area (TPSA) is 87.7 Å². The average molecular weight is 525 g/mol. The standard InChI is InChI=1S/C17H14Br2ClFN2O4/c1-22-13-5-10(20)2-9(15(13)21)7-27-16-11(18)3-8(4-12(16)19)17(26)23-6-14(24)25/h2-5,22H,6-7H2,1H3,(H,23,26)(H,24,25). The van der Waals surface area contributed by atoms with Crippen LogP contribution in [0.5, 0.6) is 5.75 Å². The van der Waals surface area contributed by atoms with Crippen LogP contribution in [-0.4, -0.2) is 30.6 Å². The Morgan fingerprint density at radius 2 is 1.85 bits per heavy atom. The van der Waals surface area contributed by atoms with Gasteiger partial charge >= 0.3 is 5.97 Å². The highest BCUT2D eigenvalue weighted by Crippen LogP contribution is 2.36. The molecule has 2 aromatic carbocycles. The number of carboxylic acids is 1. The zero-order chi connectivity index (χ0) is 20.1. The van der Waals surface area contributed by atoms with Crippen molar-refractivity contribution in [2.24, 2.45) is 0 Å². The van der Waals surface area contributed by atoms with Crippen molar-refractivity contribution >= 4 is 61.0 Å². The second-order valence-electron chi connectivity index (χ2n) is 5.31. The molecule has 6 nitrogen and oxygen atoms in total. The third kappa shape index (κ3) is 5.57. The van der Waals surface area contributed by atoms with Crippen LogP contribution in [0.2, 0.25) is 5.02 Å². The molecule has 0 radical (unpaired) electrons. The Morgan fingerprint density at radius 3 is 2.41 bits per heavy atom. The van der Waals surface area contributed by atoms with E-state index in [1.165, 1.54) is 24.3 Å². The molecule has 0 aromatic heterocycles. The number of benzene rings is 2. The summed E-state index contributed by atoms with van der Waals surface area (Å²) < 4.78 is 20.9. The number of carbonyl (C=O) groups is 2. The minimum Gasteiger partial charge on any atom is -0.486 e. The summed E-state index contributed by atoms with van der Waals surface area (Å²) in [6, 6.07) is 5.89. The summed E-state index contributed by atoms with van der Waals surface area (Å²) in [5.41, 5.74) is 0.743. The molecule has 27 heavy (non-hydrogen) atoms. The zero-order valence-electron chi connectivity index (χ0n) is 13.9. The van der Waals surface area contributed by atoms with Gasteiger partial charge in [0.15, 0.2) is 5.82 Å². The van der Waals surface area contributed by atoms with Gasteiger partial charge in [-0.25, -0.2) is 4.39 Å². The van der Waals surface area contributed by atoms with Gasteiger partial charge in [0.1, 0.15) is 18.9 Å². The molecule has 1 amide bonds. The fourth-order valence-electron chi connectivity index (χ4n) is 2.17. The summed E-state index contributed by atoms with van der Waals surface area (Å²) in [5.74, 6) is -1.81. The molecule has 0 fully saturated rings. The Morgan fingerprint density at radius 1 is 1.22 bits per heavy atom. The number of amides is 1. The summed E-state index contributed by atoms with van der Waals surface area (Å²) in [5, 5.41) is 14.0. The van der Waals surface area contributed by atoms with E-state index in [2.05, 4.69) is 42.5 Å². The highest BCUT2D eigenvalue weighted by atomic mass is 79.9. The lowest BCUT2D eigenvalue weighted by Gasteiger charge is -2.14. The number of nitrogens with one attached hydrogen (secondary N) is 2. The van der Waals surface area contributed by atoms with E-state index in [-0.39, 0.29) is 23.4 Å². The van der Waals surface area contributed by atoms with Crippen LogP contribution in [0.1, 0.15) is 15.9 Å². The lowest BCUT2D eigenvalue weighted by molar-refractivity contribution is -0.135. The summed E-state index contributed by atoms with van der Waals surface area (Å²) in [6.45, 7) is -0.586. The van der Waals surface area contributed by atoms with Gasteiger partial charge in [0.25, 0.3) is 5.91 Å². The number of halogens is 4. The minimum absolute atomic E-state index is 0.0944. The molecule has 0 saturated carbocycles. The number of hydrogen-bond acceptors (Lipinski definition) is 4. The van der Waals surface area contributed by atoms with Crippen molar-refractivity contribution in [2.45, 2.75) is 6.61 Å². The van der Waals surface area contributed by atoms with Crippen molar-refractivity contribution in [3.8, 4) is 5.75 Å². The minimum atomic E-state index is -1.15. The van der Waals surface area contributed by atoms with Crippen LogP contribution in [0.3, 0.4) is 0 Å². The first-order valence-corrected chi connectivity index (χ1v) is 9.46. The van der Waals surface area contributed by atoms with E-state index in [1.807, 2.05) is 0 Å². The Hall–Kier alpha value is -1.84. The van der Waals surface area contributed by atoms with Crippen molar-refractivity contribution in [3.63, 3.8) is 0 Å². The molecule has 144 valence electrons. The maximum atomic E-state index is 14.4. The maximum absolute atomic E-state index is 14.4. The van der Waals surface area contributed by atoms with Crippen LogP contribution in [0.4, 0.5) is 10.1 Å². The molecule has 2 aromatic rings. The molecule has 0 atom stereocenters. The third-order valence-corrected chi connectivity index (χ3v) is 4.81. The van der Waals surface area contributed by atoms with Gasteiger partial charge in [-0.05, 0) is 56.1 Å². The van der Waals surface area contributed by atoms with E-state index in [0.717, 1.165) is 0 Å². The molecule has 2 rings (SSSR count). The van der Waals surface area contributed by atoms with E-state index < -0.39 is 24.2 Å². The van der Waals surface area contributed by atoms with Crippen molar-refractivity contribution < 1.29 is 23.8 Å². The number of hydrogen-bond donors (Lipinski definition) is 3. The Balaban J connectivity index is 2.20. The van der Waals surface area contributed by atoms with Gasteiger partial charge in [0, 0.05) is 23.2 Å². The SMILES string of the molecule is CNc1cc(Cl)cc(COc2c(Br)cc(C(=O)NCC(=O)O)cc2Br)c1F. The molecule has 0 aliphatic rings. The van der Waals surface area contributed by atoms with Crippen LogP contribution in [-0.2, 0) is 11.4 Å². The van der Waals surface area contributed by atoms with Gasteiger partial charge in [-0.1, -0.05) is 11.6 Å². The van der Waals surface area contributed by atoms with Gasteiger partial charge in [0.05, 0.1) is 14.6 Å². The van der Waals surface area contributed by atoms with Crippen LogP contribution < -0.4 is 15.4 Å². The quantitative estimate of drug-likeness (QED) is 0.499. The van der Waals surface area contributed by atoms with Gasteiger partial charge in [0.2, 0.25) is 0 Å². The largest absolute Gasteiger partial charge is 0.486 e. The second kappa shape index (κ2) is 9.38. The molecule has 0 aliphatic carbocycles. The molecular weight excluding hydrogens is 510 g/mol. The van der Waals surface area contributed by atoms with E-state index in [4.69, 9.17) is 21.4 Å². The van der Waals surface area contributed by atoms with Crippen LogP contribution in [0.15, 0.2) is 33.2 Å². The van der Waals surface area contributed by atoms with Crippen molar-refractivity contribution in [1.29, 1.82) is 0 Å². The lowest BCUT2D eigenvalue weighted by atomic mass is 10.2. The summed E-state index contributed by atoms with van der Waals surface area (Å²) >= 11 is 12.6. The van der Waals surface area contributed by atoms with Crippen molar-refractivity contribution in [3.05, 3.63) is 55.2 Å². The Kier molecular flexibility index (Phi) is 7.46. The number of carbonyl (C=O) groups excluding carboxylic acids is 1. The molecule has 0 saturated heterocycles. The fraction of sp³-hybridized carbons (Fsp3) is 0.176. The zero-order valence-corrected chi connectivity index (χ0v) is 17.8. The van der Waals surface area contributed by atoms with E-state index >= 15 is 0 Å². The first kappa shape index (κ1) is 21.5. The molecule has 0 unspecified atom stereocenters. The van der Waals surface area contributed by atoms with Crippen LogP contribution in [0, 0.1) is 5.82 Å². The normalized spacial score (nSPS) is 10.4. The van der Waals surface area contributed by atoms with E-state index in [0.29, 0.717) is 19.7 Å². The first-order chi connectivity index (χ1) is 12.7. The number of carboxylic acid groups (broad SMARTS) is 1. The van der Waals surface area contributed by atoms with Gasteiger partial charge < -0.3 is 20.5 Å². The van der Waals surface area contributed by atoms with Gasteiger partial charge in [-0.2, -0.15) is 0 Å². The fourth-order valence-corrected chi connectivity index (χ4v) is 3.83. The predicted octanol–water partition coefficient (Wildman–Crippen LogP) is 4.44. The molecule has 3 N–H and O–H groups in total.